The minimum atomic E-state index is -4.35. The van der Waals surface area contributed by atoms with Crippen molar-refractivity contribution < 1.29 is 27.7 Å². The van der Waals surface area contributed by atoms with Crippen LogP contribution in [0.25, 0.3) is 5.57 Å². The first kappa shape index (κ1) is 20.9. The van der Waals surface area contributed by atoms with Crippen LogP contribution in [-0.2, 0) is 20.7 Å². The van der Waals surface area contributed by atoms with Crippen LogP contribution >= 0.6 is 0 Å². The topological polar surface area (TPSA) is 39.7 Å². The van der Waals surface area contributed by atoms with E-state index in [2.05, 4.69) is 11.9 Å². The third-order valence-corrected chi connectivity index (χ3v) is 5.66. The Kier molecular flexibility index (Phi) is 5.86. The minimum absolute atomic E-state index is 0.0447. The van der Waals surface area contributed by atoms with Crippen molar-refractivity contribution in [2.45, 2.75) is 49.8 Å². The normalized spacial score (nSPS) is 27.0. The van der Waals surface area contributed by atoms with Gasteiger partial charge in [0.1, 0.15) is 6.10 Å². The average Bonchev–Trinajstić information content (AvgIpc) is 2.76. The second-order valence-electron chi connectivity index (χ2n) is 7.78. The molecule has 2 aromatic carbocycles. The van der Waals surface area contributed by atoms with Gasteiger partial charge in [-0.25, -0.2) is 9.78 Å². The van der Waals surface area contributed by atoms with Crippen LogP contribution in [0.2, 0.25) is 0 Å². The molecule has 1 saturated carbocycles. The van der Waals surface area contributed by atoms with Gasteiger partial charge in [-0.3, -0.25) is 0 Å². The summed E-state index contributed by atoms with van der Waals surface area (Å²) in [4.78, 5) is 11.3. The molecule has 4 nitrogen and oxygen atoms in total. The molecule has 1 aliphatic heterocycles. The Morgan fingerprint density at radius 1 is 1.03 bits per heavy atom. The highest BCUT2D eigenvalue weighted by molar-refractivity contribution is 5.66. The Labute approximate surface area is 173 Å². The molecule has 1 atom stereocenters. The fraction of sp³-hybridized carbons (Fsp3) is 0.391. The van der Waals surface area contributed by atoms with Crippen molar-refractivity contribution in [2.75, 3.05) is 11.9 Å². The summed E-state index contributed by atoms with van der Waals surface area (Å²) in [5.41, 5.74) is 1.58. The van der Waals surface area contributed by atoms with Crippen molar-refractivity contribution in [3.05, 3.63) is 72.3 Å². The molecule has 1 aliphatic carbocycles. The largest absolute Gasteiger partial charge is 0.416 e. The number of halogens is 3. The molecule has 0 bridgehead atoms. The highest BCUT2D eigenvalue weighted by atomic mass is 19.4. The molecule has 0 radical (unpaired) electrons. The zero-order chi connectivity index (χ0) is 21.2. The Balaban J connectivity index is 1.29. The minimum Gasteiger partial charge on any atom is -0.382 e. The highest BCUT2D eigenvalue weighted by Crippen LogP contribution is 2.39. The maximum atomic E-state index is 12.9. The van der Waals surface area contributed by atoms with Gasteiger partial charge < -0.3 is 10.1 Å². The summed E-state index contributed by atoms with van der Waals surface area (Å²) in [6, 6.07) is 15.0. The first-order valence-corrected chi connectivity index (χ1v) is 10.0. The average molecular weight is 419 g/mol. The van der Waals surface area contributed by atoms with Crippen LogP contribution in [0.5, 0.6) is 0 Å². The van der Waals surface area contributed by atoms with Gasteiger partial charge in [-0.15, -0.1) is 0 Å². The van der Waals surface area contributed by atoms with E-state index in [1.54, 1.807) is 6.07 Å². The van der Waals surface area contributed by atoms with Crippen LogP contribution in [0.3, 0.4) is 0 Å². The monoisotopic (exact) mass is 419 g/mol. The zero-order valence-electron chi connectivity index (χ0n) is 16.5. The molecule has 7 heteroatoms. The second-order valence-corrected chi connectivity index (χ2v) is 7.78. The van der Waals surface area contributed by atoms with E-state index in [0.717, 1.165) is 23.3 Å². The number of hydrogen-bond donors (Lipinski definition) is 1. The van der Waals surface area contributed by atoms with Crippen LogP contribution in [-0.4, -0.2) is 24.5 Å². The summed E-state index contributed by atoms with van der Waals surface area (Å²) in [5, 5.41) is 3.20. The van der Waals surface area contributed by atoms with E-state index < -0.39 is 17.5 Å². The standard InChI is InChI=1S/C23H24F3NO3/c1-16(17-6-3-2-4-7-17)21-15-28-22(30-29-21)12-10-19(11-13-22)27-20-9-5-8-18(14-20)23(24,25)26/h2-9,14,19,21,27H,1,10-13,15H2. The number of benzene rings is 2. The van der Waals surface area contributed by atoms with E-state index in [1.807, 2.05) is 30.3 Å². The summed E-state index contributed by atoms with van der Waals surface area (Å²) < 4.78 is 44.7. The molecule has 1 heterocycles. The first-order valence-electron chi connectivity index (χ1n) is 10.0. The molecular weight excluding hydrogens is 395 g/mol. The number of anilines is 1. The van der Waals surface area contributed by atoms with E-state index >= 15 is 0 Å². The van der Waals surface area contributed by atoms with Crippen LogP contribution in [0.4, 0.5) is 18.9 Å². The number of nitrogens with one attached hydrogen (secondary N) is 1. The third-order valence-electron chi connectivity index (χ3n) is 5.66. The van der Waals surface area contributed by atoms with Gasteiger partial charge >= 0.3 is 6.18 Å². The summed E-state index contributed by atoms with van der Waals surface area (Å²) in [5.74, 6) is -0.806. The second kappa shape index (κ2) is 8.41. The van der Waals surface area contributed by atoms with Crippen LogP contribution in [0, 0.1) is 0 Å². The quantitative estimate of drug-likeness (QED) is 0.635. The molecule has 1 unspecified atom stereocenters. The molecule has 0 aromatic heterocycles. The van der Waals surface area contributed by atoms with Gasteiger partial charge in [0.05, 0.1) is 12.2 Å². The maximum absolute atomic E-state index is 12.9. The number of rotatable bonds is 4. The van der Waals surface area contributed by atoms with Crippen LogP contribution in [0.1, 0.15) is 36.8 Å². The maximum Gasteiger partial charge on any atom is 0.416 e. The molecule has 4 rings (SSSR count). The van der Waals surface area contributed by atoms with Gasteiger partial charge in [0, 0.05) is 24.6 Å². The van der Waals surface area contributed by atoms with Crippen molar-refractivity contribution in [3.63, 3.8) is 0 Å². The van der Waals surface area contributed by atoms with Gasteiger partial charge in [0.2, 0.25) is 5.79 Å². The van der Waals surface area contributed by atoms with Crippen molar-refractivity contribution in [2.24, 2.45) is 0 Å². The summed E-state index contributed by atoms with van der Waals surface area (Å²) in [6.07, 6.45) is -2.15. The molecule has 1 spiro atoms. The van der Waals surface area contributed by atoms with E-state index in [-0.39, 0.29) is 12.1 Å². The van der Waals surface area contributed by atoms with Crippen LogP contribution < -0.4 is 5.32 Å². The van der Waals surface area contributed by atoms with Gasteiger partial charge in [0.25, 0.3) is 0 Å². The van der Waals surface area contributed by atoms with E-state index in [4.69, 9.17) is 14.5 Å². The van der Waals surface area contributed by atoms with E-state index in [9.17, 15) is 13.2 Å². The number of ether oxygens (including phenoxy) is 1. The fourth-order valence-electron chi connectivity index (χ4n) is 3.87. The van der Waals surface area contributed by atoms with Crippen molar-refractivity contribution >= 4 is 11.3 Å². The van der Waals surface area contributed by atoms with Crippen molar-refractivity contribution in [3.8, 4) is 0 Å². The predicted octanol–water partition coefficient (Wildman–Crippen LogP) is 5.82. The SMILES string of the molecule is C=C(c1ccccc1)C1COC2(CCC(Nc3cccc(C(F)(F)F)c3)CC2)OO1. The predicted molar refractivity (Wildman–Crippen MR) is 107 cm³/mol. The summed E-state index contributed by atoms with van der Waals surface area (Å²) >= 11 is 0. The lowest BCUT2D eigenvalue weighted by Crippen LogP contribution is -2.49. The number of alkyl halides is 3. The van der Waals surface area contributed by atoms with E-state index in [0.29, 0.717) is 38.0 Å². The molecule has 160 valence electrons. The third kappa shape index (κ3) is 4.69. The summed E-state index contributed by atoms with van der Waals surface area (Å²) in [7, 11) is 0. The van der Waals surface area contributed by atoms with Gasteiger partial charge in [-0.2, -0.15) is 13.2 Å². The van der Waals surface area contributed by atoms with E-state index in [1.165, 1.54) is 6.07 Å². The highest BCUT2D eigenvalue weighted by Gasteiger charge is 2.43. The van der Waals surface area contributed by atoms with Gasteiger partial charge in [-0.05, 0) is 42.2 Å². The first-order chi connectivity index (χ1) is 14.3. The lowest BCUT2D eigenvalue weighted by atomic mass is 9.89. The van der Waals surface area contributed by atoms with Gasteiger partial charge in [0.15, 0.2) is 0 Å². The van der Waals surface area contributed by atoms with Gasteiger partial charge in [-0.1, -0.05) is 43.0 Å². The van der Waals surface area contributed by atoms with Crippen molar-refractivity contribution in [1.82, 2.24) is 0 Å². The molecule has 0 amide bonds. The Bertz CT molecular complexity index is 867. The number of hydrogen-bond acceptors (Lipinski definition) is 4. The molecule has 1 N–H and O–H groups in total. The summed E-state index contributed by atoms with van der Waals surface area (Å²) in [6.45, 7) is 4.44. The molecule has 2 aromatic rings. The zero-order valence-corrected chi connectivity index (χ0v) is 16.5. The Morgan fingerprint density at radius 2 is 1.77 bits per heavy atom. The molecule has 2 fully saturated rings. The Hall–Kier alpha value is -2.35. The molecule has 2 aliphatic rings. The molecular formula is C23H24F3NO3. The molecule has 1 saturated heterocycles. The van der Waals surface area contributed by atoms with Crippen molar-refractivity contribution in [1.29, 1.82) is 0 Å². The Morgan fingerprint density at radius 3 is 2.40 bits per heavy atom. The lowest BCUT2D eigenvalue weighted by Gasteiger charge is -2.43. The lowest BCUT2D eigenvalue weighted by molar-refractivity contribution is -0.483. The fourth-order valence-corrected chi connectivity index (χ4v) is 3.87. The molecule has 30 heavy (non-hydrogen) atoms. The van der Waals surface area contributed by atoms with Crippen LogP contribution in [0.15, 0.2) is 61.2 Å². The smallest absolute Gasteiger partial charge is 0.382 e.